The predicted molar refractivity (Wildman–Crippen MR) is 120 cm³/mol. The van der Waals surface area contributed by atoms with Crippen molar-refractivity contribution in [2.75, 3.05) is 30.0 Å². The van der Waals surface area contributed by atoms with Gasteiger partial charge in [0.2, 0.25) is 5.91 Å². The van der Waals surface area contributed by atoms with Gasteiger partial charge in [-0.25, -0.2) is 4.39 Å². The van der Waals surface area contributed by atoms with Crippen LogP contribution in [0.2, 0.25) is 0 Å². The summed E-state index contributed by atoms with van der Waals surface area (Å²) in [6.45, 7) is 2.64. The van der Waals surface area contributed by atoms with Gasteiger partial charge in [0.05, 0.1) is 18.7 Å². The minimum atomic E-state index is -0.343. The number of rotatable bonds is 7. The van der Waals surface area contributed by atoms with Crippen molar-refractivity contribution in [2.45, 2.75) is 13.3 Å². The number of ether oxygens (including phenoxy) is 2. The highest BCUT2D eigenvalue weighted by atomic mass is 19.1. The van der Waals surface area contributed by atoms with E-state index in [1.807, 2.05) is 31.2 Å². The van der Waals surface area contributed by atoms with Crippen molar-refractivity contribution in [1.29, 1.82) is 0 Å². The van der Waals surface area contributed by atoms with Gasteiger partial charge >= 0.3 is 0 Å². The molecule has 32 heavy (non-hydrogen) atoms. The number of anilines is 2. The Bertz CT molecular complexity index is 1110. The summed E-state index contributed by atoms with van der Waals surface area (Å²) < 4.78 is 24.3. The number of nitrogens with one attached hydrogen (secondary N) is 1. The molecule has 1 aliphatic rings. The van der Waals surface area contributed by atoms with Gasteiger partial charge in [0.25, 0.3) is 5.91 Å². The molecule has 0 radical (unpaired) electrons. The molecule has 2 amide bonds. The van der Waals surface area contributed by atoms with E-state index in [9.17, 15) is 14.0 Å². The normalized spacial score (nSPS) is 12.7. The third-order valence-electron chi connectivity index (χ3n) is 5.07. The third kappa shape index (κ3) is 5.24. The van der Waals surface area contributed by atoms with E-state index in [2.05, 4.69) is 5.32 Å². The molecule has 0 fully saturated rings. The zero-order valence-electron chi connectivity index (χ0n) is 17.6. The fourth-order valence-electron chi connectivity index (χ4n) is 3.41. The van der Waals surface area contributed by atoms with Gasteiger partial charge in [-0.15, -0.1) is 0 Å². The molecule has 0 saturated carbocycles. The molecule has 0 spiro atoms. The Labute approximate surface area is 185 Å². The zero-order valence-corrected chi connectivity index (χ0v) is 17.6. The van der Waals surface area contributed by atoms with Crippen molar-refractivity contribution in [3.05, 3.63) is 83.7 Å². The lowest BCUT2D eigenvalue weighted by molar-refractivity contribution is -0.121. The molecule has 3 aromatic rings. The van der Waals surface area contributed by atoms with Crippen molar-refractivity contribution in [3.63, 3.8) is 0 Å². The molecule has 0 bridgehead atoms. The van der Waals surface area contributed by atoms with Crippen LogP contribution in [0.15, 0.2) is 66.7 Å². The first-order valence-electron chi connectivity index (χ1n) is 10.3. The van der Waals surface area contributed by atoms with E-state index in [-0.39, 0.29) is 30.7 Å². The summed E-state index contributed by atoms with van der Waals surface area (Å²) in [6, 6.07) is 18.7. The largest absolute Gasteiger partial charge is 0.492 e. The summed E-state index contributed by atoms with van der Waals surface area (Å²) in [6.07, 6.45) is 0.124. The number of hydrogen-bond donors (Lipinski definition) is 1. The monoisotopic (exact) mass is 434 g/mol. The Morgan fingerprint density at radius 2 is 1.84 bits per heavy atom. The Hall–Kier alpha value is -3.87. The second-order valence-corrected chi connectivity index (χ2v) is 7.53. The minimum absolute atomic E-state index is 0.0789. The summed E-state index contributed by atoms with van der Waals surface area (Å²) in [7, 11) is 0. The lowest BCUT2D eigenvalue weighted by Gasteiger charge is -2.29. The molecule has 3 aromatic carbocycles. The number of aryl methyl sites for hydroxylation is 1. The Morgan fingerprint density at radius 3 is 2.59 bits per heavy atom. The summed E-state index contributed by atoms with van der Waals surface area (Å²) >= 11 is 0. The van der Waals surface area contributed by atoms with Crippen LogP contribution in [0.1, 0.15) is 11.1 Å². The highest BCUT2D eigenvalue weighted by Crippen LogP contribution is 2.34. The number of hydrogen-bond acceptors (Lipinski definition) is 4. The van der Waals surface area contributed by atoms with Crippen LogP contribution in [-0.4, -0.2) is 31.6 Å². The molecule has 164 valence electrons. The summed E-state index contributed by atoms with van der Waals surface area (Å²) in [4.78, 5) is 26.3. The summed E-state index contributed by atoms with van der Waals surface area (Å²) in [5.41, 5.74) is 3.05. The SMILES string of the molecule is Cc1ccc(OCCN2C(=O)COc3cc(NC(=O)Cc4ccc(F)cc4)ccc32)cc1. The fraction of sp³-hybridized carbons (Fsp3) is 0.200. The molecule has 1 aliphatic heterocycles. The Balaban J connectivity index is 1.38. The first-order chi connectivity index (χ1) is 15.5. The number of amides is 2. The Kier molecular flexibility index (Phi) is 6.35. The predicted octanol–water partition coefficient (Wildman–Crippen LogP) is 4.12. The van der Waals surface area contributed by atoms with Gasteiger partial charge in [0.15, 0.2) is 6.61 Å². The van der Waals surface area contributed by atoms with Crippen LogP contribution in [0.25, 0.3) is 0 Å². The van der Waals surface area contributed by atoms with E-state index >= 15 is 0 Å². The van der Waals surface area contributed by atoms with Crippen LogP contribution >= 0.6 is 0 Å². The van der Waals surface area contributed by atoms with Crippen molar-refractivity contribution in [1.82, 2.24) is 0 Å². The average Bonchev–Trinajstić information content (AvgIpc) is 2.78. The van der Waals surface area contributed by atoms with Crippen LogP contribution < -0.4 is 19.7 Å². The van der Waals surface area contributed by atoms with Crippen LogP contribution in [0.4, 0.5) is 15.8 Å². The van der Waals surface area contributed by atoms with Gasteiger partial charge in [0.1, 0.15) is 23.9 Å². The standard InChI is InChI=1S/C25H23FN2O4/c1-17-2-9-21(10-3-17)31-13-12-28-22-11-8-20(15-23(22)32-16-25(28)30)27-24(29)14-18-4-6-19(26)7-5-18/h2-11,15H,12-14,16H2,1H3,(H,27,29). The van der Waals surface area contributed by atoms with E-state index in [4.69, 9.17) is 9.47 Å². The fourth-order valence-corrected chi connectivity index (χ4v) is 3.41. The van der Waals surface area contributed by atoms with Crippen molar-refractivity contribution >= 4 is 23.2 Å². The van der Waals surface area contributed by atoms with Gasteiger partial charge in [-0.05, 0) is 48.9 Å². The van der Waals surface area contributed by atoms with Gasteiger partial charge in [-0.3, -0.25) is 9.59 Å². The van der Waals surface area contributed by atoms with E-state index in [1.165, 1.54) is 12.1 Å². The van der Waals surface area contributed by atoms with Crippen LogP contribution in [0.5, 0.6) is 11.5 Å². The van der Waals surface area contributed by atoms with Gasteiger partial charge in [0, 0.05) is 11.8 Å². The van der Waals surface area contributed by atoms with Crippen LogP contribution in [-0.2, 0) is 16.0 Å². The van der Waals surface area contributed by atoms with E-state index in [0.717, 1.165) is 11.3 Å². The number of carbonyl (C=O) groups is 2. The second-order valence-electron chi connectivity index (χ2n) is 7.53. The number of fused-ring (bicyclic) bond motifs is 1. The van der Waals surface area contributed by atoms with E-state index in [1.54, 1.807) is 35.2 Å². The third-order valence-corrected chi connectivity index (χ3v) is 5.07. The maximum absolute atomic E-state index is 13.0. The molecular weight excluding hydrogens is 411 g/mol. The summed E-state index contributed by atoms with van der Waals surface area (Å²) in [5.74, 6) is 0.532. The lowest BCUT2D eigenvalue weighted by atomic mass is 10.1. The van der Waals surface area contributed by atoms with Gasteiger partial charge in [-0.2, -0.15) is 0 Å². The molecule has 1 heterocycles. The minimum Gasteiger partial charge on any atom is -0.492 e. The molecule has 0 atom stereocenters. The molecule has 7 heteroatoms. The van der Waals surface area contributed by atoms with Crippen molar-refractivity contribution < 1.29 is 23.5 Å². The molecule has 1 N–H and O–H groups in total. The van der Waals surface area contributed by atoms with Crippen LogP contribution in [0.3, 0.4) is 0 Å². The maximum atomic E-state index is 13.0. The van der Waals surface area contributed by atoms with Crippen molar-refractivity contribution in [3.8, 4) is 11.5 Å². The molecule has 0 saturated heterocycles. The molecule has 4 rings (SSSR count). The van der Waals surface area contributed by atoms with Crippen molar-refractivity contribution in [2.24, 2.45) is 0 Å². The number of carbonyl (C=O) groups excluding carboxylic acids is 2. The lowest BCUT2D eigenvalue weighted by Crippen LogP contribution is -2.41. The molecule has 0 aliphatic carbocycles. The molecule has 0 unspecified atom stereocenters. The average molecular weight is 434 g/mol. The second kappa shape index (κ2) is 9.51. The number of halogens is 1. The highest BCUT2D eigenvalue weighted by molar-refractivity contribution is 5.99. The highest BCUT2D eigenvalue weighted by Gasteiger charge is 2.25. The van der Waals surface area contributed by atoms with E-state index in [0.29, 0.717) is 35.8 Å². The molecular formula is C25H23FN2O4. The number of benzene rings is 3. The van der Waals surface area contributed by atoms with Gasteiger partial charge in [-0.1, -0.05) is 29.8 Å². The quantitative estimate of drug-likeness (QED) is 0.608. The topological polar surface area (TPSA) is 67.9 Å². The molecule has 6 nitrogen and oxygen atoms in total. The summed E-state index contributed by atoms with van der Waals surface area (Å²) in [5, 5.41) is 2.81. The zero-order chi connectivity index (χ0) is 22.5. The molecule has 0 aromatic heterocycles. The van der Waals surface area contributed by atoms with Crippen LogP contribution in [0, 0.1) is 12.7 Å². The maximum Gasteiger partial charge on any atom is 0.265 e. The van der Waals surface area contributed by atoms with Gasteiger partial charge < -0.3 is 19.7 Å². The Morgan fingerprint density at radius 1 is 1.09 bits per heavy atom. The van der Waals surface area contributed by atoms with E-state index < -0.39 is 0 Å². The first kappa shape index (κ1) is 21.4. The number of nitrogens with zero attached hydrogens (tertiary/aromatic N) is 1. The first-order valence-corrected chi connectivity index (χ1v) is 10.3. The smallest absolute Gasteiger partial charge is 0.265 e.